The van der Waals surface area contributed by atoms with Crippen molar-refractivity contribution in [2.45, 2.75) is 13.8 Å². The molecule has 0 aliphatic heterocycles. The average molecular weight is 223 g/mol. The lowest BCUT2D eigenvalue weighted by Crippen LogP contribution is -2.20. The standard InChI is InChI=1S/C5H12O2.Cl2OS/c1-5(2,3-6)4-7;1-4(2)3/h6-7H,3-4H2,1-2H3;. The summed E-state index contributed by atoms with van der Waals surface area (Å²) in [6.45, 7) is 3.69. The Labute approximate surface area is 77.8 Å². The Morgan fingerprint density at radius 3 is 1.45 bits per heavy atom. The number of aliphatic hydroxyl groups is 2. The van der Waals surface area contributed by atoms with Crippen molar-refractivity contribution in [3.63, 3.8) is 0 Å². The van der Waals surface area contributed by atoms with E-state index in [1.807, 2.05) is 0 Å². The molecule has 6 heteroatoms. The lowest BCUT2D eigenvalue weighted by molar-refractivity contribution is 0.0857. The van der Waals surface area contributed by atoms with Crippen LogP contribution in [-0.2, 0) is 9.23 Å². The molecule has 0 bridgehead atoms. The van der Waals surface area contributed by atoms with Crippen LogP contribution in [0, 0.1) is 5.41 Å². The third kappa shape index (κ3) is 18.0. The Morgan fingerprint density at radius 2 is 1.45 bits per heavy atom. The van der Waals surface area contributed by atoms with Crippen LogP contribution in [0.2, 0.25) is 0 Å². The topological polar surface area (TPSA) is 57.5 Å². The van der Waals surface area contributed by atoms with E-state index in [4.69, 9.17) is 14.4 Å². The molecule has 0 aromatic heterocycles. The molecule has 0 amide bonds. The number of hydrogen-bond acceptors (Lipinski definition) is 3. The highest BCUT2D eigenvalue weighted by atomic mass is 36.0. The second-order valence-corrected chi connectivity index (χ2v) is 5.19. The lowest BCUT2D eigenvalue weighted by atomic mass is 9.97. The van der Waals surface area contributed by atoms with E-state index in [9.17, 15) is 0 Å². The van der Waals surface area contributed by atoms with E-state index < -0.39 is 9.23 Å². The van der Waals surface area contributed by atoms with Gasteiger partial charge in [0.1, 0.15) is 0 Å². The fraction of sp³-hybridized carbons (Fsp3) is 1.00. The molecule has 0 atom stereocenters. The monoisotopic (exact) mass is 222 g/mol. The summed E-state index contributed by atoms with van der Waals surface area (Å²) in [5.41, 5.74) is -0.306. The quantitative estimate of drug-likeness (QED) is 0.687. The van der Waals surface area contributed by atoms with Gasteiger partial charge in [-0.15, -0.1) is 0 Å². The van der Waals surface area contributed by atoms with Gasteiger partial charge < -0.3 is 10.2 Å². The Bertz CT molecular complexity index is 108. The molecule has 0 saturated carbocycles. The molecule has 70 valence electrons. The van der Waals surface area contributed by atoms with Gasteiger partial charge in [-0.3, -0.25) is 0 Å². The summed E-state index contributed by atoms with van der Waals surface area (Å²) in [6.07, 6.45) is 0. The Morgan fingerprint density at radius 1 is 1.27 bits per heavy atom. The Hall–Kier alpha value is 0.650. The van der Waals surface area contributed by atoms with E-state index in [0.717, 1.165) is 0 Å². The summed E-state index contributed by atoms with van der Waals surface area (Å²) in [7, 11) is 7.36. The van der Waals surface area contributed by atoms with E-state index in [0.29, 0.717) is 0 Å². The Kier molecular flexibility index (Phi) is 9.43. The molecule has 0 aromatic rings. The molecule has 3 nitrogen and oxygen atoms in total. The molecule has 0 aromatic carbocycles. The largest absolute Gasteiger partial charge is 0.396 e. The average Bonchev–Trinajstić information content (AvgIpc) is 1.87. The SMILES string of the molecule is CC(C)(CO)CO.O=S(Cl)Cl. The minimum absolute atomic E-state index is 0.0451. The number of rotatable bonds is 2. The summed E-state index contributed by atoms with van der Waals surface area (Å²) in [6, 6.07) is 0. The maximum absolute atomic E-state index is 9.09. The first kappa shape index (κ1) is 14.2. The summed E-state index contributed by atoms with van der Waals surface area (Å²) in [4.78, 5) is 0. The van der Waals surface area contributed by atoms with Crippen LogP contribution in [0.15, 0.2) is 0 Å². The van der Waals surface area contributed by atoms with Crippen LogP contribution in [0.3, 0.4) is 0 Å². The van der Waals surface area contributed by atoms with Crippen molar-refractivity contribution >= 4 is 30.6 Å². The van der Waals surface area contributed by atoms with Gasteiger partial charge in [0, 0.05) is 26.8 Å². The van der Waals surface area contributed by atoms with Crippen molar-refractivity contribution in [1.82, 2.24) is 0 Å². The van der Waals surface area contributed by atoms with Gasteiger partial charge in [-0.1, -0.05) is 13.8 Å². The second kappa shape index (κ2) is 7.31. The van der Waals surface area contributed by atoms with Crippen LogP contribution < -0.4 is 0 Å². The van der Waals surface area contributed by atoms with Gasteiger partial charge in [0.05, 0.1) is 13.2 Å². The van der Waals surface area contributed by atoms with Crippen LogP contribution in [-0.4, -0.2) is 27.6 Å². The zero-order valence-electron chi connectivity index (χ0n) is 6.38. The summed E-state index contributed by atoms with van der Waals surface area (Å²) in [5, 5.41) is 16.9. The van der Waals surface area contributed by atoms with E-state index in [1.54, 1.807) is 13.8 Å². The Balaban J connectivity index is 0. The van der Waals surface area contributed by atoms with Crippen molar-refractivity contribution in [3.05, 3.63) is 0 Å². The molecule has 2 N–H and O–H groups in total. The van der Waals surface area contributed by atoms with Gasteiger partial charge >= 0.3 is 0 Å². The molecule has 0 aliphatic carbocycles. The lowest BCUT2D eigenvalue weighted by Gasteiger charge is -2.16. The van der Waals surface area contributed by atoms with E-state index in [2.05, 4.69) is 21.4 Å². The molecule has 0 aliphatic rings. The smallest absolute Gasteiger partial charge is 0.211 e. The van der Waals surface area contributed by atoms with Crippen molar-refractivity contribution in [2.75, 3.05) is 13.2 Å². The van der Waals surface area contributed by atoms with E-state index in [-0.39, 0.29) is 18.6 Å². The maximum atomic E-state index is 9.09. The first-order valence-electron chi connectivity index (χ1n) is 2.81. The molecular weight excluding hydrogens is 211 g/mol. The fourth-order valence-corrected chi connectivity index (χ4v) is 0.0500. The number of halogens is 2. The maximum Gasteiger partial charge on any atom is 0.211 e. The first-order valence-corrected chi connectivity index (χ1v) is 5.62. The number of aliphatic hydroxyl groups excluding tert-OH is 2. The van der Waals surface area contributed by atoms with Crippen LogP contribution in [0.1, 0.15) is 13.8 Å². The third-order valence-electron chi connectivity index (χ3n) is 0.856. The van der Waals surface area contributed by atoms with Gasteiger partial charge in [0.2, 0.25) is 9.23 Å². The minimum atomic E-state index is -1.67. The highest BCUT2D eigenvalue weighted by Crippen LogP contribution is 2.10. The summed E-state index contributed by atoms with van der Waals surface area (Å²) >= 11 is 0. The van der Waals surface area contributed by atoms with E-state index in [1.165, 1.54) is 0 Å². The van der Waals surface area contributed by atoms with Crippen molar-refractivity contribution in [3.8, 4) is 0 Å². The summed E-state index contributed by atoms with van der Waals surface area (Å²) < 4.78 is 9.09. The van der Waals surface area contributed by atoms with Crippen molar-refractivity contribution in [1.29, 1.82) is 0 Å². The first-order chi connectivity index (χ1) is 4.85. The predicted octanol–water partition coefficient (Wildman–Crippen LogP) is 1.04. The molecule has 0 unspecified atom stereocenters. The van der Waals surface area contributed by atoms with Gasteiger partial charge in [-0.05, 0) is 0 Å². The van der Waals surface area contributed by atoms with Gasteiger partial charge in [0.15, 0.2) is 0 Å². The third-order valence-corrected chi connectivity index (χ3v) is 0.856. The van der Waals surface area contributed by atoms with E-state index >= 15 is 0 Å². The van der Waals surface area contributed by atoms with Crippen LogP contribution >= 0.6 is 21.4 Å². The molecule has 0 spiro atoms. The van der Waals surface area contributed by atoms with Crippen molar-refractivity contribution in [2.24, 2.45) is 5.41 Å². The zero-order chi connectivity index (χ0) is 9.49. The molecule has 0 radical (unpaired) electrons. The fourth-order valence-electron chi connectivity index (χ4n) is 0.0500. The van der Waals surface area contributed by atoms with Crippen molar-refractivity contribution < 1.29 is 14.4 Å². The second-order valence-electron chi connectivity index (χ2n) is 2.66. The van der Waals surface area contributed by atoms with Gasteiger partial charge in [-0.25, -0.2) is 4.21 Å². The molecular formula is C5H12Cl2O3S. The minimum Gasteiger partial charge on any atom is -0.396 e. The molecule has 0 heterocycles. The van der Waals surface area contributed by atoms with Crippen LogP contribution in [0.25, 0.3) is 0 Å². The highest BCUT2D eigenvalue weighted by molar-refractivity contribution is 8.26. The molecule has 0 rings (SSSR count). The molecule has 11 heavy (non-hydrogen) atoms. The van der Waals surface area contributed by atoms with Gasteiger partial charge in [0.25, 0.3) is 0 Å². The highest BCUT2D eigenvalue weighted by Gasteiger charge is 2.13. The molecule has 0 fully saturated rings. The van der Waals surface area contributed by atoms with Crippen LogP contribution in [0.5, 0.6) is 0 Å². The van der Waals surface area contributed by atoms with Gasteiger partial charge in [-0.2, -0.15) is 0 Å². The zero-order valence-corrected chi connectivity index (χ0v) is 8.71. The summed E-state index contributed by atoms with van der Waals surface area (Å²) in [5.74, 6) is 0. The normalized spacial score (nSPS) is 10.8. The molecule has 0 saturated heterocycles. The van der Waals surface area contributed by atoms with Crippen LogP contribution in [0.4, 0.5) is 0 Å². The number of hydrogen-bond donors (Lipinski definition) is 2. The predicted molar refractivity (Wildman–Crippen MR) is 47.8 cm³/mol.